The smallest absolute Gasteiger partial charge is 0.303 e. The molecular formula is C21H26ClN3O4S. The largest absolute Gasteiger partial charge is 0.481 e. The zero-order chi connectivity index (χ0) is 21.6. The highest BCUT2D eigenvalue weighted by Gasteiger charge is 2.33. The van der Waals surface area contributed by atoms with Gasteiger partial charge in [0.1, 0.15) is 0 Å². The van der Waals surface area contributed by atoms with Crippen LogP contribution in [0.25, 0.3) is 0 Å². The third-order valence-corrected chi connectivity index (χ3v) is 6.84. The molecule has 1 fully saturated rings. The number of sulfonamides is 1. The molecule has 2 atom stereocenters. The monoisotopic (exact) mass is 451 g/mol. The normalized spacial score (nSPS) is 20.2. The van der Waals surface area contributed by atoms with Gasteiger partial charge in [0.2, 0.25) is 10.0 Å². The van der Waals surface area contributed by atoms with Crippen molar-refractivity contribution >= 4 is 27.6 Å². The summed E-state index contributed by atoms with van der Waals surface area (Å²) in [5, 5.41) is 9.24. The van der Waals surface area contributed by atoms with Gasteiger partial charge in [0.25, 0.3) is 0 Å². The fourth-order valence-electron chi connectivity index (χ4n) is 3.61. The molecular weight excluding hydrogens is 426 g/mol. The Kier molecular flexibility index (Phi) is 7.71. The van der Waals surface area contributed by atoms with Crippen molar-refractivity contribution in [2.45, 2.75) is 49.2 Å². The molecule has 3 rings (SSSR count). The van der Waals surface area contributed by atoms with Crippen LogP contribution < -0.4 is 4.72 Å². The molecule has 2 heterocycles. The van der Waals surface area contributed by atoms with Crippen molar-refractivity contribution in [3.8, 4) is 0 Å². The molecule has 1 aromatic carbocycles. The van der Waals surface area contributed by atoms with Crippen LogP contribution >= 0.6 is 11.6 Å². The van der Waals surface area contributed by atoms with Crippen LogP contribution in [-0.2, 0) is 21.4 Å². The molecule has 1 aliphatic rings. The van der Waals surface area contributed by atoms with E-state index in [1.165, 1.54) is 12.1 Å². The second-order valence-corrected chi connectivity index (χ2v) is 9.56. The van der Waals surface area contributed by atoms with Gasteiger partial charge in [-0.25, -0.2) is 13.1 Å². The van der Waals surface area contributed by atoms with Crippen LogP contribution in [0.5, 0.6) is 0 Å². The summed E-state index contributed by atoms with van der Waals surface area (Å²) in [6.07, 6.45) is 7.96. The van der Waals surface area contributed by atoms with Gasteiger partial charge < -0.3 is 10.1 Å². The molecule has 1 saturated heterocycles. The number of hydrogen-bond acceptors (Lipinski definition) is 4. The number of allylic oxidation sites excluding steroid dienone is 1. The minimum absolute atomic E-state index is 0.0658. The second-order valence-electron chi connectivity index (χ2n) is 7.41. The van der Waals surface area contributed by atoms with E-state index in [-0.39, 0.29) is 23.4 Å². The molecule has 0 spiro atoms. The first kappa shape index (κ1) is 22.6. The highest BCUT2D eigenvalue weighted by atomic mass is 35.5. The third kappa shape index (κ3) is 6.43. The number of carbonyl (C=O) groups is 1. The maximum Gasteiger partial charge on any atom is 0.303 e. The Morgan fingerprint density at radius 1 is 1.30 bits per heavy atom. The molecule has 1 aromatic heterocycles. The van der Waals surface area contributed by atoms with Crippen LogP contribution in [0.4, 0.5) is 0 Å². The molecule has 0 saturated carbocycles. The number of carboxylic acids is 1. The predicted molar refractivity (Wildman–Crippen MR) is 116 cm³/mol. The maximum absolute atomic E-state index is 12.7. The fourth-order valence-corrected chi connectivity index (χ4v) is 4.98. The van der Waals surface area contributed by atoms with Gasteiger partial charge in [0.15, 0.2) is 0 Å². The van der Waals surface area contributed by atoms with Gasteiger partial charge in [0.05, 0.1) is 4.90 Å². The summed E-state index contributed by atoms with van der Waals surface area (Å²) in [6, 6.07) is 9.88. The van der Waals surface area contributed by atoms with Gasteiger partial charge >= 0.3 is 5.97 Å². The molecule has 0 radical (unpaired) electrons. The third-order valence-electron chi connectivity index (χ3n) is 5.05. The summed E-state index contributed by atoms with van der Waals surface area (Å²) in [5.41, 5.74) is 1.06. The molecule has 0 aliphatic carbocycles. The summed E-state index contributed by atoms with van der Waals surface area (Å²) in [5.74, 6) is -0.797. The van der Waals surface area contributed by atoms with Crippen LogP contribution in [0, 0.1) is 0 Å². The molecule has 0 unspecified atom stereocenters. The Balaban J connectivity index is 1.66. The number of unbranched alkanes of at least 4 members (excludes halogenated alkanes) is 1. The minimum Gasteiger partial charge on any atom is -0.481 e. The van der Waals surface area contributed by atoms with Crippen molar-refractivity contribution in [2.24, 2.45) is 0 Å². The number of benzene rings is 1. The lowest BCUT2D eigenvalue weighted by Crippen LogP contribution is -2.37. The summed E-state index contributed by atoms with van der Waals surface area (Å²) in [6.45, 7) is 1.26. The summed E-state index contributed by atoms with van der Waals surface area (Å²) in [7, 11) is -3.64. The van der Waals surface area contributed by atoms with Gasteiger partial charge in [-0.05, 0) is 55.7 Å². The number of nitrogens with zero attached hydrogens (tertiary/aromatic N) is 1. The van der Waals surface area contributed by atoms with Crippen molar-refractivity contribution in [1.29, 1.82) is 0 Å². The minimum atomic E-state index is -3.64. The fraction of sp³-hybridized carbons (Fsp3) is 0.381. The van der Waals surface area contributed by atoms with Crippen LogP contribution in [-0.4, -0.2) is 48.0 Å². The standard InChI is InChI=1S/C21H26ClN3O4S/c22-16-8-10-20(11-9-16)30(28,29)24-18-13-19(6-2-1-3-7-21(26)27)25(15-18)14-17-5-4-12-23-17/h2,4-6,8-12,18-19,23-24H,1,3,7,13-15H2,(H,26,27)/t18-,19-/m1/s1. The lowest BCUT2D eigenvalue weighted by molar-refractivity contribution is -0.137. The van der Waals surface area contributed by atoms with E-state index >= 15 is 0 Å². The molecule has 2 aromatic rings. The molecule has 9 heteroatoms. The molecule has 0 bridgehead atoms. The van der Waals surface area contributed by atoms with E-state index in [1.54, 1.807) is 12.1 Å². The topological polar surface area (TPSA) is 102 Å². The van der Waals surface area contributed by atoms with Gasteiger partial charge in [-0.15, -0.1) is 0 Å². The Hall–Kier alpha value is -2.13. The summed E-state index contributed by atoms with van der Waals surface area (Å²) < 4.78 is 28.3. The number of aromatic nitrogens is 1. The number of rotatable bonds is 10. The van der Waals surface area contributed by atoms with E-state index in [9.17, 15) is 13.2 Å². The Bertz CT molecular complexity index is 959. The first-order valence-electron chi connectivity index (χ1n) is 9.86. The number of aromatic amines is 1. The van der Waals surface area contributed by atoms with Crippen molar-refractivity contribution in [3.05, 3.63) is 65.5 Å². The molecule has 3 N–H and O–H groups in total. The Morgan fingerprint density at radius 2 is 2.07 bits per heavy atom. The average molecular weight is 452 g/mol. The van der Waals surface area contributed by atoms with Gasteiger partial charge in [-0.1, -0.05) is 23.8 Å². The number of carboxylic acid groups (broad SMARTS) is 1. The van der Waals surface area contributed by atoms with Crippen LogP contribution in [0.2, 0.25) is 5.02 Å². The summed E-state index contributed by atoms with van der Waals surface area (Å²) >= 11 is 5.86. The molecule has 162 valence electrons. The highest BCUT2D eigenvalue weighted by molar-refractivity contribution is 7.89. The van der Waals surface area contributed by atoms with E-state index in [1.807, 2.05) is 24.4 Å². The Morgan fingerprint density at radius 3 is 2.73 bits per heavy atom. The highest BCUT2D eigenvalue weighted by Crippen LogP contribution is 2.24. The van der Waals surface area contributed by atoms with Crippen molar-refractivity contribution in [3.63, 3.8) is 0 Å². The molecule has 1 aliphatic heterocycles. The number of H-pyrrole nitrogens is 1. The van der Waals surface area contributed by atoms with Crippen LogP contribution in [0.3, 0.4) is 0 Å². The lowest BCUT2D eigenvalue weighted by Gasteiger charge is -2.21. The van der Waals surface area contributed by atoms with Crippen molar-refractivity contribution < 1.29 is 18.3 Å². The number of aliphatic carboxylic acids is 1. The van der Waals surface area contributed by atoms with Crippen molar-refractivity contribution in [2.75, 3.05) is 6.54 Å². The number of hydrogen-bond donors (Lipinski definition) is 3. The van der Waals surface area contributed by atoms with Gasteiger partial charge in [-0.3, -0.25) is 9.69 Å². The number of nitrogens with one attached hydrogen (secondary N) is 2. The van der Waals surface area contributed by atoms with Gasteiger partial charge in [0, 0.05) is 48.5 Å². The summed E-state index contributed by atoms with van der Waals surface area (Å²) in [4.78, 5) is 16.2. The SMILES string of the molecule is O=C(O)CCCC=C[C@@H]1C[C@@H](NS(=O)(=O)c2ccc(Cl)cc2)CN1Cc1ccc[nH]1. The van der Waals surface area contributed by atoms with E-state index in [0.29, 0.717) is 37.4 Å². The molecule has 30 heavy (non-hydrogen) atoms. The number of halogens is 1. The quantitative estimate of drug-likeness (QED) is 0.379. The van der Waals surface area contributed by atoms with Gasteiger partial charge in [-0.2, -0.15) is 0 Å². The van der Waals surface area contributed by atoms with E-state index < -0.39 is 16.0 Å². The Labute approximate surface area is 181 Å². The first-order chi connectivity index (χ1) is 14.3. The first-order valence-corrected chi connectivity index (χ1v) is 11.7. The van der Waals surface area contributed by atoms with Crippen LogP contribution in [0.1, 0.15) is 31.4 Å². The van der Waals surface area contributed by atoms with E-state index in [2.05, 4.69) is 20.7 Å². The predicted octanol–water partition coefficient (Wildman–Crippen LogP) is 3.40. The van der Waals surface area contributed by atoms with E-state index in [0.717, 1.165) is 5.69 Å². The molecule has 7 nitrogen and oxygen atoms in total. The average Bonchev–Trinajstić information content (AvgIpc) is 3.32. The lowest BCUT2D eigenvalue weighted by atomic mass is 10.1. The second kappa shape index (κ2) is 10.3. The van der Waals surface area contributed by atoms with Crippen LogP contribution in [0.15, 0.2) is 59.6 Å². The zero-order valence-electron chi connectivity index (χ0n) is 16.5. The van der Waals surface area contributed by atoms with E-state index in [4.69, 9.17) is 16.7 Å². The maximum atomic E-state index is 12.7. The van der Waals surface area contributed by atoms with Crippen molar-refractivity contribution in [1.82, 2.24) is 14.6 Å². The number of likely N-dealkylation sites (tertiary alicyclic amines) is 1. The zero-order valence-corrected chi connectivity index (χ0v) is 18.1. The molecule has 0 amide bonds.